The first-order valence-electron chi connectivity index (χ1n) is 6.28. The zero-order chi connectivity index (χ0) is 14.9. The summed E-state index contributed by atoms with van der Waals surface area (Å²) in [5.74, 6) is 0. The van der Waals surface area contributed by atoms with Crippen molar-refractivity contribution < 1.29 is 8.42 Å². The largest absolute Gasteiger partial charge is 0.241 e. The second kappa shape index (κ2) is 5.55. The summed E-state index contributed by atoms with van der Waals surface area (Å²) in [6.07, 6.45) is 0.998. The highest BCUT2D eigenvalue weighted by Gasteiger charge is 2.24. The summed E-state index contributed by atoms with van der Waals surface area (Å²) < 4.78 is 25.2. The lowest BCUT2D eigenvalue weighted by atomic mass is 10.2. The van der Waals surface area contributed by atoms with Crippen LogP contribution >= 0.6 is 11.6 Å². The number of sulfonamides is 1. The van der Waals surface area contributed by atoms with Gasteiger partial charge in [-0.2, -0.15) is 5.10 Å². The molecule has 0 spiro atoms. The van der Waals surface area contributed by atoms with Crippen molar-refractivity contribution in [1.82, 2.24) is 9.78 Å². The van der Waals surface area contributed by atoms with Crippen LogP contribution in [0.5, 0.6) is 0 Å². The predicted molar refractivity (Wildman–Crippen MR) is 78.7 cm³/mol. The molecule has 0 bridgehead atoms. The van der Waals surface area contributed by atoms with Gasteiger partial charge < -0.3 is 0 Å². The Bertz CT molecular complexity index is 738. The minimum Gasteiger partial charge on any atom is -0.236 e. The predicted octanol–water partition coefficient (Wildman–Crippen LogP) is 2.30. The Balaban J connectivity index is 2.76. The summed E-state index contributed by atoms with van der Waals surface area (Å²) in [6.45, 7) is 3.71. The maximum Gasteiger partial charge on any atom is 0.241 e. The number of nitrogens with two attached hydrogens (primary N) is 1. The average Bonchev–Trinajstić information content (AvgIpc) is 2.77. The maximum atomic E-state index is 11.8. The van der Waals surface area contributed by atoms with E-state index >= 15 is 0 Å². The topological polar surface area (TPSA) is 78.0 Å². The first-order chi connectivity index (χ1) is 9.38. The number of hydrogen-bond donors (Lipinski definition) is 1. The van der Waals surface area contributed by atoms with Gasteiger partial charge in [-0.25, -0.2) is 18.2 Å². The van der Waals surface area contributed by atoms with Crippen molar-refractivity contribution in [2.45, 2.75) is 31.6 Å². The molecule has 0 radical (unpaired) electrons. The number of nitrogens with zero attached hydrogens (tertiary/aromatic N) is 2. The molecule has 0 aliphatic heterocycles. The van der Waals surface area contributed by atoms with Crippen molar-refractivity contribution in [2.24, 2.45) is 5.14 Å². The molecule has 1 heterocycles. The van der Waals surface area contributed by atoms with Gasteiger partial charge in [-0.05, 0) is 31.0 Å². The third kappa shape index (κ3) is 2.72. The first kappa shape index (κ1) is 15.0. The molecule has 2 rings (SSSR count). The summed E-state index contributed by atoms with van der Waals surface area (Å²) in [5.41, 5.74) is 1.77. The van der Waals surface area contributed by atoms with E-state index in [4.69, 9.17) is 16.7 Å². The molecule has 0 saturated carbocycles. The van der Waals surface area contributed by atoms with E-state index in [1.165, 1.54) is 0 Å². The molecule has 0 saturated heterocycles. The van der Waals surface area contributed by atoms with E-state index in [0.29, 0.717) is 29.3 Å². The lowest BCUT2D eigenvalue weighted by Crippen LogP contribution is -2.15. The molecule has 0 aliphatic carbocycles. The van der Waals surface area contributed by atoms with Gasteiger partial charge in [0.2, 0.25) is 10.0 Å². The Morgan fingerprint density at radius 3 is 2.50 bits per heavy atom. The Morgan fingerprint density at radius 1 is 1.30 bits per heavy atom. The van der Waals surface area contributed by atoms with Crippen molar-refractivity contribution in [2.75, 3.05) is 0 Å². The van der Waals surface area contributed by atoms with Gasteiger partial charge in [0, 0.05) is 5.02 Å². The number of aromatic nitrogens is 2. The molecule has 7 heteroatoms. The number of aryl methyl sites for hydroxylation is 1. The van der Waals surface area contributed by atoms with Crippen molar-refractivity contribution in [1.29, 1.82) is 0 Å². The molecular weight excluding hydrogens is 298 g/mol. The van der Waals surface area contributed by atoms with Crippen LogP contribution in [0.1, 0.15) is 25.2 Å². The van der Waals surface area contributed by atoms with Gasteiger partial charge in [0.15, 0.2) is 0 Å². The highest BCUT2D eigenvalue weighted by atomic mass is 35.5. The Morgan fingerprint density at radius 2 is 2.00 bits per heavy atom. The van der Waals surface area contributed by atoms with Crippen LogP contribution in [0.15, 0.2) is 29.2 Å². The minimum absolute atomic E-state index is 0.127. The van der Waals surface area contributed by atoms with E-state index in [0.717, 1.165) is 5.69 Å². The van der Waals surface area contributed by atoms with E-state index in [9.17, 15) is 8.42 Å². The molecule has 0 unspecified atom stereocenters. The first-order valence-corrected chi connectivity index (χ1v) is 8.20. The van der Waals surface area contributed by atoms with E-state index in [-0.39, 0.29) is 4.90 Å². The van der Waals surface area contributed by atoms with Crippen LogP contribution in [0.2, 0.25) is 5.02 Å². The molecule has 0 aliphatic rings. The van der Waals surface area contributed by atoms with Crippen LogP contribution < -0.4 is 5.14 Å². The molecule has 2 aromatic rings. The second-order valence-corrected chi connectivity index (χ2v) is 6.30. The minimum atomic E-state index is -3.80. The third-order valence-electron chi connectivity index (χ3n) is 3.01. The molecule has 0 amide bonds. The van der Waals surface area contributed by atoms with Gasteiger partial charge in [0.25, 0.3) is 0 Å². The lowest BCUT2D eigenvalue weighted by molar-refractivity contribution is 0.595. The quantitative estimate of drug-likeness (QED) is 0.940. The van der Waals surface area contributed by atoms with Gasteiger partial charge >= 0.3 is 0 Å². The van der Waals surface area contributed by atoms with Crippen LogP contribution in [0.4, 0.5) is 0 Å². The van der Waals surface area contributed by atoms with Crippen LogP contribution in [-0.2, 0) is 22.9 Å². The van der Waals surface area contributed by atoms with Crippen molar-refractivity contribution in [3.8, 4) is 5.69 Å². The van der Waals surface area contributed by atoms with Gasteiger partial charge in [-0.1, -0.05) is 31.5 Å². The summed E-state index contributed by atoms with van der Waals surface area (Å²) in [4.78, 5) is 0.127. The normalized spacial score (nSPS) is 11.8. The monoisotopic (exact) mass is 313 g/mol. The average molecular weight is 314 g/mol. The smallest absolute Gasteiger partial charge is 0.236 e. The fourth-order valence-corrected chi connectivity index (χ4v) is 3.44. The van der Waals surface area contributed by atoms with Crippen molar-refractivity contribution in [3.05, 3.63) is 40.7 Å². The van der Waals surface area contributed by atoms with E-state index in [2.05, 4.69) is 5.10 Å². The molecule has 5 nitrogen and oxygen atoms in total. The molecular formula is C13H16ClN3O2S. The summed E-state index contributed by atoms with van der Waals surface area (Å²) in [5, 5.41) is 10.3. The highest BCUT2D eigenvalue weighted by Crippen LogP contribution is 2.25. The SMILES string of the molecule is CCc1nn(-c2cccc(Cl)c2)c(CC)c1S(N)(=O)=O. The fraction of sp³-hybridized carbons (Fsp3) is 0.308. The van der Waals surface area contributed by atoms with Crippen LogP contribution in [0.25, 0.3) is 5.69 Å². The number of rotatable bonds is 4. The highest BCUT2D eigenvalue weighted by molar-refractivity contribution is 7.89. The fourth-order valence-electron chi connectivity index (χ4n) is 2.18. The van der Waals surface area contributed by atoms with Crippen LogP contribution in [0, 0.1) is 0 Å². The maximum absolute atomic E-state index is 11.8. The van der Waals surface area contributed by atoms with Gasteiger partial charge in [-0.15, -0.1) is 0 Å². The molecule has 1 aromatic heterocycles. The van der Waals surface area contributed by atoms with Gasteiger partial charge in [0.1, 0.15) is 4.90 Å². The Hall–Kier alpha value is -1.37. The summed E-state index contributed by atoms with van der Waals surface area (Å²) in [6, 6.07) is 7.10. The van der Waals surface area contributed by atoms with E-state index in [1.807, 2.05) is 19.9 Å². The van der Waals surface area contributed by atoms with E-state index < -0.39 is 10.0 Å². The standard InChI is InChI=1S/C13H16ClN3O2S/c1-3-11-13(20(15,18)19)12(4-2)17(16-11)10-7-5-6-9(14)8-10/h5-8H,3-4H2,1-2H3,(H2,15,18,19). The molecule has 20 heavy (non-hydrogen) atoms. The lowest BCUT2D eigenvalue weighted by Gasteiger charge is -2.07. The van der Waals surface area contributed by atoms with Gasteiger partial charge in [-0.3, -0.25) is 0 Å². The van der Waals surface area contributed by atoms with Crippen molar-refractivity contribution >= 4 is 21.6 Å². The number of hydrogen-bond acceptors (Lipinski definition) is 3. The second-order valence-electron chi connectivity index (χ2n) is 4.37. The van der Waals surface area contributed by atoms with E-state index in [1.54, 1.807) is 22.9 Å². The molecule has 1 aromatic carbocycles. The number of primary sulfonamides is 1. The number of benzene rings is 1. The Labute approximate surface area is 123 Å². The van der Waals surface area contributed by atoms with Crippen molar-refractivity contribution in [3.63, 3.8) is 0 Å². The molecule has 2 N–H and O–H groups in total. The number of halogens is 1. The van der Waals surface area contributed by atoms with Crippen LogP contribution in [0.3, 0.4) is 0 Å². The zero-order valence-electron chi connectivity index (χ0n) is 11.3. The zero-order valence-corrected chi connectivity index (χ0v) is 12.9. The molecule has 0 fully saturated rings. The summed E-state index contributed by atoms with van der Waals surface area (Å²) >= 11 is 5.98. The third-order valence-corrected chi connectivity index (χ3v) is 4.28. The summed E-state index contributed by atoms with van der Waals surface area (Å²) in [7, 11) is -3.80. The van der Waals surface area contributed by atoms with Crippen LogP contribution in [-0.4, -0.2) is 18.2 Å². The molecule has 0 atom stereocenters. The van der Waals surface area contributed by atoms with Gasteiger partial charge in [0.05, 0.1) is 17.1 Å². The molecule has 108 valence electrons. The Kier molecular flexibility index (Phi) is 4.17.